The van der Waals surface area contributed by atoms with E-state index < -0.39 is 36.5 Å². The van der Waals surface area contributed by atoms with Gasteiger partial charge in [0.05, 0.1) is 18.8 Å². The number of aliphatic hydroxyl groups is 3. The van der Waals surface area contributed by atoms with Crippen molar-refractivity contribution in [2.75, 3.05) is 6.61 Å². The molecule has 1 heterocycles. The third kappa shape index (κ3) is 2.09. The lowest BCUT2D eigenvalue weighted by atomic mass is 9.98. The number of halogens is 1. The maximum atomic E-state index is 9.48. The van der Waals surface area contributed by atoms with Gasteiger partial charge in [0.2, 0.25) is 0 Å². The molecule has 0 amide bonds. The van der Waals surface area contributed by atoms with Crippen LogP contribution < -0.4 is 0 Å². The zero-order chi connectivity index (χ0) is 10.7. The summed E-state index contributed by atoms with van der Waals surface area (Å²) in [5, 5.41) is 30.9. The number of hydrogen-bond acceptors (Lipinski definition) is 5. The smallest absolute Gasteiger partial charge is 0.157 e. The van der Waals surface area contributed by atoms with Crippen LogP contribution in [0.2, 0.25) is 0 Å². The zero-order valence-corrected chi connectivity index (χ0v) is 7.82. The molecule has 0 spiro atoms. The standard InChI is InChI=1S/C6H10ClN3O4/c7-6-5(13)3(9-10-8)4(12)2(1-11)14-6/h2-6,11-13H,1H2/t2?,3-,4-,5?,6+/m0/s1. The number of alkyl halides is 1. The van der Waals surface area contributed by atoms with Gasteiger partial charge in [-0.05, 0) is 5.53 Å². The van der Waals surface area contributed by atoms with Crippen LogP contribution in [0, 0.1) is 0 Å². The van der Waals surface area contributed by atoms with E-state index in [1.807, 2.05) is 0 Å². The van der Waals surface area contributed by atoms with Crippen LogP contribution in [-0.2, 0) is 4.74 Å². The molecule has 1 fully saturated rings. The van der Waals surface area contributed by atoms with E-state index in [1.165, 1.54) is 0 Å². The fraction of sp³-hybridized carbons (Fsp3) is 1.00. The molecule has 1 saturated heterocycles. The Kier molecular flexibility index (Phi) is 3.94. The lowest BCUT2D eigenvalue weighted by Crippen LogP contribution is -2.56. The summed E-state index contributed by atoms with van der Waals surface area (Å²) >= 11 is 5.56. The average Bonchev–Trinajstić information content (AvgIpc) is 2.18. The molecule has 0 aromatic heterocycles. The SMILES string of the molecule is [N-]=[N+]=N[C@@H]1C(O)[C@H](Cl)OC(CO)[C@@H]1O. The van der Waals surface area contributed by atoms with Crippen LogP contribution in [0.25, 0.3) is 10.4 Å². The molecule has 1 aliphatic rings. The molecule has 1 rings (SSSR count). The molecule has 0 aromatic carbocycles. The topological polar surface area (TPSA) is 119 Å². The fourth-order valence-corrected chi connectivity index (χ4v) is 1.53. The monoisotopic (exact) mass is 223 g/mol. The summed E-state index contributed by atoms with van der Waals surface area (Å²) in [5.74, 6) is 0. The molecule has 1 aliphatic heterocycles. The van der Waals surface area contributed by atoms with E-state index in [0.717, 1.165) is 0 Å². The Bertz CT molecular complexity index is 247. The maximum absolute atomic E-state index is 9.48. The Morgan fingerprint density at radius 2 is 2.07 bits per heavy atom. The van der Waals surface area contributed by atoms with Gasteiger partial charge in [0.15, 0.2) is 5.56 Å². The number of aliphatic hydroxyl groups excluding tert-OH is 3. The van der Waals surface area contributed by atoms with Crippen molar-refractivity contribution in [1.82, 2.24) is 0 Å². The highest BCUT2D eigenvalue weighted by atomic mass is 35.5. The zero-order valence-electron chi connectivity index (χ0n) is 7.06. The van der Waals surface area contributed by atoms with Gasteiger partial charge in [-0.3, -0.25) is 0 Å². The summed E-state index contributed by atoms with van der Waals surface area (Å²) in [6.45, 7) is -0.464. The number of nitrogens with zero attached hydrogens (tertiary/aromatic N) is 3. The number of azide groups is 1. The minimum absolute atomic E-state index is 0.464. The third-order valence-electron chi connectivity index (χ3n) is 2.02. The molecule has 14 heavy (non-hydrogen) atoms. The van der Waals surface area contributed by atoms with Crippen molar-refractivity contribution in [3.05, 3.63) is 10.4 Å². The summed E-state index contributed by atoms with van der Waals surface area (Å²) in [5.41, 5.74) is 7.08. The highest BCUT2D eigenvalue weighted by molar-refractivity contribution is 6.20. The fourth-order valence-electron chi connectivity index (χ4n) is 1.25. The largest absolute Gasteiger partial charge is 0.394 e. The molecule has 0 bridgehead atoms. The number of rotatable bonds is 2. The molecule has 5 atom stereocenters. The molecule has 8 heteroatoms. The minimum Gasteiger partial charge on any atom is -0.394 e. The summed E-state index contributed by atoms with van der Waals surface area (Å²) in [7, 11) is 0. The molecule has 0 radical (unpaired) electrons. The second kappa shape index (κ2) is 4.79. The molecular weight excluding hydrogens is 214 g/mol. The normalized spacial score (nSPS) is 43.0. The van der Waals surface area contributed by atoms with E-state index in [9.17, 15) is 10.2 Å². The minimum atomic E-state index is -1.29. The van der Waals surface area contributed by atoms with Gasteiger partial charge in [-0.2, -0.15) is 0 Å². The first-order valence-electron chi connectivity index (χ1n) is 3.92. The molecule has 80 valence electrons. The van der Waals surface area contributed by atoms with E-state index in [-0.39, 0.29) is 0 Å². The summed E-state index contributed by atoms with van der Waals surface area (Å²) in [6.07, 6.45) is -3.50. The second-order valence-corrected chi connectivity index (χ2v) is 3.32. The molecule has 0 saturated carbocycles. The van der Waals surface area contributed by atoms with Crippen molar-refractivity contribution in [2.45, 2.75) is 29.9 Å². The van der Waals surface area contributed by atoms with Crippen LogP contribution in [0.5, 0.6) is 0 Å². The Morgan fingerprint density at radius 3 is 2.57 bits per heavy atom. The molecule has 7 nitrogen and oxygen atoms in total. The van der Waals surface area contributed by atoms with Crippen molar-refractivity contribution in [3.8, 4) is 0 Å². The Labute approximate surface area is 84.5 Å². The van der Waals surface area contributed by atoms with Gasteiger partial charge in [0.25, 0.3) is 0 Å². The Balaban J connectivity index is 2.82. The second-order valence-electron chi connectivity index (χ2n) is 2.88. The van der Waals surface area contributed by atoms with Crippen molar-refractivity contribution >= 4 is 11.6 Å². The van der Waals surface area contributed by atoms with Gasteiger partial charge in [-0.15, -0.1) is 0 Å². The van der Waals surface area contributed by atoms with Crippen LogP contribution in [0.15, 0.2) is 5.11 Å². The van der Waals surface area contributed by atoms with Gasteiger partial charge >= 0.3 is 0 Å². The highest BCUT2D eigenvalue weighted by Gasteiger charge is 2.42. The molecule has 3 N–H and O–H groups in total. The number of hydrogen-bond donors (Lipinski definition) is 3. The lowest BCUT2D eigenvalue weighted by molar-refractivity contribution is -0.162. The van der Waals surface area contributed by atoms with Gasteiger partial charge in [-0.1, -0.05) is 16.7 Å². The first-order valence-corrected chi connectivity index (χ1v) is 4.36. The molecule has 0 aromatic rings. The first kappa shape index (κ1) is 11.5. The quantitative estimate of drug-likeness (QED) is 0.249. The van der Waals surface area contributed by atoms with E-state index >= 15 is 0 Å². The Morgan fingerprint density at radius 1 is 1.43 bits per heavy atom. The highest BCUT2D eigenvalue weighted by Crippen LogP contribution is 2.25. The van der Waals surface area contributed by atoms with Gasteiger partial charge in [0, 0.05) is 4.91 Å². The van der Waals surface area contributed by atoms with E-state index in [1.54, 1.807) is 0 Å². The van der Waals surface area contributed by atoms with Gasteiger partial charge < -0.3 is 20.1 Å². The summed E-state index contributed by atoms with van der Waals surface area (Å²) < 4.78 is 4.87. The molecule has 0 aliphatic carbocycles. The third-order valence-corrected chi connectivity index (χ3v) is 2.38. The van der Waals surface area contributed by atoms with Gasteiger partial charge in [0.1, 0.15) is 12.2 Å². The average molecular weight is 224 g/mol. The van der Waals surface area contributed by atoms with Crippen LogP contribution in [0.1, 0.15) is 0 Å². The van der Waals surface area contributed by atoms with Crippen LogP contribution in [0.3, 0.4) is 0 Å². The predicted octanol–water partition coefficient (Wildman–Crippen LogP) is -0.657. The van der Waals surface area contributed by atoms with Crippen molar-refractivity contribution in [3.63, 3.8) is 0 Å². The van der Waals surface area contributed by atoms with E-state index in [4.69, 9.17) is 27.0 Å². The van der Waals surface area contributed by atoms with Crippen LogP contribution in [0.4, 0.5) is 0 Å². The molecular formula is C6H10ClN3O4. The first-order chi connectivity index (χ1) is 6.61. The molecule has 2 unspecified atom stereocenters. The van der Waals surface area contributed by atoms with Crippen molar-refractivity contribution in [1.29, 1.82) is 0 Å². The number of ether oxygens (including phenoxy) is 1. The van der Waals surface area contributed by atoms with Crippen LogP contribution >= 0.6 is 11.6 Å². The lowest BCUT2D eigenvalue weighted by Gasteiger charge is -2.37. The van der Waals surface area contributed by atoms with E-state index in [0.29, 0.717) is 0 Å². The van der Waals surface area contributed by atoms with Gasteiger partial charge in [-0.25, -0.2) is 0 Å². The van der Waals surface area contributed by atoms with E-state index in [2.05, 4.69) is 10.0 Å². The maximum Gasteiger partial charge on any atom is 0.157 e. The van der Waals surface area contributed by atoms with Crippen LogP contribution in [-0.4, -0.2) is 51.8 Å². The van der Waals surface area contributed by atoms with Crippen molar-refractivity contribution < 1.29 is 20.1 Å². The Hall–Kier alpha value is -0.560. The summed E-state index contributed by atoms with van der Waals surface area (Å²) in [6, 6.07) is -1.10. The predicted molar refractivity (Wildman–Crippen MR) is 46.5 cm³/mol. The van der Waals surface area contributed by atoms with Crippen molar-refractivity contribution in [2.24, 2.45) is 5.11 Å². The summed E-state index contributed by atoms with van der Waals surface area (Å²) in [4.78, 5) is 2.47.